The quantitative estimate of drug-likeness (QED) is 0.696. The van der Waals surface area contributed by atoms with Crippen molar-refractivity contribution in [3.05, 3.63) is 0 Å². The van der Waals surface area contributed by atoms with Gasteiger partial charge in [-0.2, -0.15) is 0 Å². The van der Waals surface area contributed by atoms with Crippen molar-refractivity contribution in [3.8, 4) is 0 Å². The number of aliphatic imine (C=N–C) groups is 1. The molecule has 74 valence electrons. The first-order chi connectivity index (χ1) is 6.06. The van der Waals surface area contributed by atoms with Crippen molar-refractivity contribution in [3.63, 3.8) is 0 Å². The Morgan fingerprint density at radius 2 is 2.23 bits per heavy atom. The van der Waals surface area contributed by atoms with Gasteiger partial charge in [-0.15, -0.1) is 0 Å². The molecule has 5 heteroatoms. The van der Waals surface area contributed by atoms with Gasteiger partial charge in [0.1, 0.15) is 6.17 Å². The number of carbonyl (C=O) groups excluding carboxylic acids is 1. The van der Waals surface area contributed by atoms with Gasteiger partial charge >= 0.3 is 0 Å². The van der Waals surface area contributed by atoms with E-state index < -0.39 is 0 Å². The van der Waals surface area contributed by atoms with Crippen LogP contribution in [0.1, 0.15) is 13.8 Å². The normalized spacial score (nSPS) is 26.8. The Balaban J connectivity index is 2.78. The summed E-state index contributed by atoms with van der Waals surface area (Å²) < 4.78 is 0. The third-order valence-corrected chi connectivity index (χ3v) is 2.95. The second kappa shape index (κ2) is 4.00. The van der Waals surface area contributed by atoms with Gasteiger partial charge in [-0.25, -0.2) is 0 Å². The van der Waals surface area contributed by atoms with E-state index in [2.05, 4.69) is 24.2 Å². The molecule has 1 saturated heterocycles. The average Bonchev–Trinajstić information content (AvgIpc) is 2.09. The molecule has 0 aromatic heterocycles. The van der Waals surface area contributed by atoms with E-state index in [0.29, 0.717) is 11.1 Å². The summed E-state index contributed by atoms with van der Waals surface area (Å²) in [5, 5.41) is 3.96. The van der Waals surface area contributed by atoms with Gasteiger partial charge < -0.3 is 10.2 Å². The molecule has 1 aliphatic heterocycles. The molecular formula is C8H15N3OS. The highest BCUT2D eigenvalue weighted by Gasteiger charge is 2.30. The van der Waals surface area contributed by atoms with Crippen molar-refractivity contribution in [2.75, 3.05) is 14.1 Å². The average molecular weight is 201 g/mol. The fourth-order valence-electron chi connectivity index (χ4n) is 1.25. The third-order valence-electron chi connectivity index (χ3n) is 2.00. The molecule has 0 aromatic rings. The molecule has 0 aromatic carbocycles. The molecule has 1 rings (SSSR count). The van der Waals surface area contributed by atoms with E-state index in [9.17, 15) is 4.79 Å². The Bertz CT molecular complexity index is 240. The van der Waals surface area contributed by atoms with Gasteiger partial charge in [0.2, 0.25) is 0 Å². The number of hydrogen-bond acceptors (Lipinski definition) is 3. The molecule has 4 nitrogen and oxygen atoms in total. The summed E-state index contributed by atoms with van der Waals surface area (Å²) in [4.78, 5) is 17.1. The van der Waals surface area contributed by atoms with Crippen molar-refractivity contribution in [1.29, 1.82) is 0 Å². The van der Waals surface area contributed by atoms with Crippen LogP contribution in [-0.2, 0) is 0 Å². The largest absolute Gasteiger partial charge is 0.344 e. The zero-order valence-corrected chi connectivity index (χ0v) is 9.18. The Kier molecular flexibility index (Phi) is 3.19. The van der Waals surface area contributed by atoms with Crippen LogP contribution in [0.4, 0.5) is 4.79 Å². The molecule has 1 aliphatic rings. The first kappa shape index (κ1) is 10.4. The fourth-order valence-corrected chi connectivity index (χ4v) is 1.94. The highest BCUT2D eigenvalue weighted by Crippen LogP contribution is 2.20. The van der Waals surface area contributed by atoms with E-state index in [4.69, 9.17) is 0 Å². The van der Waals surface area contributed by atoms with Crippen LogP contribution in [0, 0.1) is 5.92 Å². The summed E-state index contributed by atoms with van der Waals surface area (Å²) >= 11 is 1.14. The predicted molar refractivity (Wildman–Crippen MR) is 55.9 cm³/mol. The lowest BCUT2D eigenvalue weighted by Gasteiger charge is -2.36. The highest BCUT2D eigenvalue weighted by atomic mass is 32.2. The Hall–Kier alpha value is -0.710. The van der Waals surface area contributed by atoms with E-state index in [1.165, 1.54) is 0 Å². The zero-order valence-electron chi connectivity index (χ0n) is 8.37. The van der Waals surface area contributed by atoms with Gasteiger partial charge in [0.25, 0.3) is 5.24 Å². The van der Waals surface area contributed by atoms with Gasteiger partial charge in [0.15, 0.2) is 5.17 Å². The summed E-state index contributed by atoms with van der Waals surface area (Å²) in [6.07, 6.45) is 0.0625. The maximum absolute atomic E-state index is 11.4. The molecule has 0 aliphatic carbocycles. The molecule has 1 heterocycles. The van der Waals surface area contributed by atoms with Crippen LogP contribution in [0.3, 0.4) is 0 Å². The number of nitrogens with zero attached hydrogens (tertiary/aromatic N) is 2. The first-order valence-corrected chi connectivity index (χ1v) is 5.06. The summed E-state index contributed by atoms with van der Waals surface area (Å²) in [6.45, 7) is 4.15. The molecule has 0 spiro atoms. The summed E-state index contributed by atoms with van der Waals surface area (Å²) in [7, 11) is 3.49. The Morgan fingerprint density at radius 1 is 1.62 bits per heavy atom. The fraction of sp³-hybridized carbons (Fsp3) is 0.750. The molecule has 0 radical (unpaired) electrons. The number of thioether (sulfide) groups is 1. The molecule has 0 saturated carbocycles. The van der Waals surface area contributed by atoms with E-state index in [-0.39, 0.29) is 11.4 Å². The molecule has 1 unspecified atom stereocenters. The minimum Gasteiger partial charge on any atom is -0.344 e. The van der Waals surface area contributed by atoms with Crippen LogP contribution in [0.5, 0.6) is 0 Å². The standard InChI is InChI=1S/C8H15N3OS/c1-5(2)6-10-7(9-3)13-8(12)11(6)4/h5-6H,1-4H3,(H,9,10). The first-order valence-electron chi connectivity index (χ1n) is 4.24. The number of carbonyl (C=O) groups is 1. The third kappa shape index (κ3) is 2.15. The van der Waals surface area contributed by atoms with Crippen LogP contribution >= 0.6 is 11.8 Å². The van der Waals surface area contributed by atoms with Crippen molar-refractivity contribution in [1.82, 2.24) is 10.2 Å². The summed E-state index contributed by atoms with van der Waals surface area (Å²) in [6, 6.07) is 0. The summed E-state index contributed by atoms with van der Waals surface area (Å²) in [5.74, 6) is 0.381. The lowest BCUT2D eigenvalue weighted by Crippen LogP contribution is -2.54. The van der Waals surface area contributed by atoms with Crippen molar-refractivity contribution in [2.45, 2.75) is 20.0 Å². The number of nitrogens with one attached hydrogen (secondary N) is 1. The maximum atomic E-state index is 11.4. The molecule has 1 amide bonds. The van der Waals surface area contributed by atoms with Crippen LogP contribution in [0.2, 0.25) is 0 Å². The number of hydrogen-bond donors (Lipinski definition) is 1. The molecular weight excluding hydrogens is 186 g/mol. The number of amidine groups is 1. The van der Waals surface area contributed by atoms with Crippen molar-refractivity contribution in [2.24, 2.45) is 10.9 Å². The van der Waals surface area contributed by atoms with Gasteiger partial charge in [0.05, 0.1) is 0 Å². The number of rotatable bonds is 1. The van der Waals surface area contributed by atoms with Gasteiger partial charge in [-0.05, 0) is 5.92 Å². The second-order valence-electron chi connectivity index (χ2n) is 3.34. The molecule has 1 atom stereocenters. The topological polar surface area (TPSA) is 44.7 Å². The van der Waals surface area contributed by atoms with E-state index in [1.54, 1.807) is 19.0 Å². The van der Waals surface area contributed by atoms with E-state index in [0.717, 1.165) is 11.8 Å². The minimum atomic E-state index is 0.0538. The Morgan fingerprint density at radius 3 is 2.69 bits per heavy atom. The summed E-state index contributed by atoms with van der Waals surface area (Å²) in [5.41, 5.74) is 0. The maximum Gasteiger partial charge on any atom is 0.290 e. The molecule has 1 N–H and O–H groups in total. The smallest absolute Gasteiger partial charge is 0.290 e. The van der Waals surface area contributed by atoms with E-state index >= 15 is 0 Å². The molecule has 0 bridgehead atoms. The van der Waals surface area contributed by atoms with Crippen LogP contribution < -0.4 is 5.32 Å². The molecule has 1 fully saturated rings. The highest BCUT2D eigenvalue weighted by molar-refractivity contribution is 8.26. The second-order valence-corrected chi connectivity index (χ2v) is 4.28. The number of amides is 1. The lowest BCUT2D eigenvalue weighted by molar-refractivity contribution is 0.187. The van der Waals surface area contributed by atoms with Crippen molar-refractivity contribution >= 4 is 22.2 Å². The molecule has 13 heavy (non-hydrogen) atoms. The minimum absolute atomic E-state index is 0.0538. The zero-order chi connectivity index (χ0) is 10.0. The lowest BCUT2D eigenvalue weighted by atomic mass is 10.1. The van der Waals surface area contributed by atoms with Crippen LogP contribution in [0.15, 0.2) is 4.99 Å². The monoisotopic (exact) mass is 201 g/mol. The van der Waals surface area contributed by atoms with Gasteiger partial charge in [0, 0.05) is 25.9 Å². The van der Waals surface area contributed by atoms with Crippen LogP contribution in [0.25, 0.3) is 0 Å². The van der Waals surface area contributed by atoms with Gasteiger partial charge in [-0.1, -0.05) is 13.8 Å². The van der Waals surface area contributed by atoms with E-state index in [1.807, 2.05) is 0 Å². The van der Waals surface area contributed by atoms with Crippen LogP contribution in [-0.4, -0.2) is 35.6 Å². The Labute approximate surface area is 82.8 Å². The predicted octanol–water partition coefficient (Wildman–Crippen LogP) is 1.34. The van der Waals surface area contributed by atoms with Crippen molar-refractivity contribution < 1.29 is 4.79 Å². The SMILES string of the molecule is CN=C1NC(C(C)C)N(C)C(=O)S1. The van der Waals surface area contributed by atoms with Gasteiger partial charge in [-0.3, -0.25) is 9.79 Å².